The molecule has 1 N–H and O–H groups in total. The highest BCUT2D eigenvalue weighted by atomic mass is 79.9. The molecule has 0 aromatic rings. The van der Waals surface area contributed by atoms with Crippen LogP contribution in [0, 0.1) is 5.92 Å². The van der Waals surface area contributed by atoms with E-state index in [0.717, 1.165) is 0 Å². The van der Waals surface area contributed by atoms with E-state index in [1.165, 1.54) is 4.48 Å². The van der Waals surface area contributed by atoms with Gasteiger partial charge in [0.25, 0.3) is 0 Å². The minimum atomic E-state index is 0.352. The first kappa shape index (κ1) is 6.16. The highest BCUT2D eigenvalue weighted by Crippen LogP contribution is 2.25. The molecule has 2 atom stereocenters. The first-order valence-corrected chi connectivity index (χ1v) is 4.00. The molecule has 3 heteroatoms. The van der Waals surface area contributed by atoms with Gasteiger partial charge in [-0.15, -0.1) is 0 Å². The second-order valence-electron chi connectivity index (χ2n) is 2.40. The summed E-state index contributed by atoms with van der Waals surface area (Å²) in [5.41, 5.74) is 3.01. The smallest absolute Gasteiger partial charge is 0.0866 e. The molecule has 2 nitrogen and oxygen atoms in total. The van der Waals surface area contributed by atoms with Gasteiger partial charge in [-0.05, 0) is 0 Å². The zero-order valence-electron chi connectivity index (χ0n) is 5.29. The number of fused-ring (bicyclic) bond motifs is 1. The number of nitrogens with one attached hydrogen (secondary N) is 1. The van der Waals surface area contributed by atoms with E-state index in [4.69, 9.17) is 0 Å². The summed E-state index contributed by atoms with van der Waals surface area (Å²) in [7, 11) is 0. The first-order valence-electron chi connectivity index (χ1n) is 3.20. The number of hydrogen-bond acceptors (Lipinski definition) is 2. The second-order valence-corrected chi connectivity index (χ2v) is 3.31. The number of rotatable bonds is 0. The Kier molecular flexibility index (Phi) is 1.38. The molecule has 2 rings (SSSR count). The van der Waals surface area contributed by atoms with Crippen molar-refractivity contribution in [1.29, 1.82) is 0 Å². The van der Waals surface area contributed by atoms with Crippen molar-refractivity contribution in [2.75, 3.05) is 0 Å². The molecule has 2 aliphatic rings. The third-order valence-corrected chi connectivity index (χ3v) is 2.49. The summed E-state index contributed by atoms with van der Waals surface area (Å²) in [4.78, 5) is 0. The summed E-state index contributed by atoms with van der Waals surface area (Å²) >= 11 is 3.46. The molecule has 0 saturated carbocycles. The van der Waals surface area contributed by atoms with Crippen LogP contribution < -0.4 is 5.43 Å². The van der Waals surface area contributed by atoms with Gasteiger partial charge in [0.2, 0.25) is 0 Å². The topological polar surface area (TPSA) is 24.4 Å². The van der Waals surface area contributed by atoms with Crippen LogP contribution in [0.1, 0.15) is 0 Å². The average molecular weight is 199 g/mol. The molecule has 0 fully saturated rings. The van der Waals surface area contributed by atoms with Crippen LogP contribution in [-0.2, 0) is 0 Å². The maximum atomic E-state index is 3.98. The van der Waals surface area contributed by atoms with Crippen molar-refractivity contribution in [2.45, 2.75) is 6.04 Å². The Balaban J connectivity index is 2.29. The maximum Gasteiger partial charge on any atom is 0.0866 e. The van der Waals surface area contributed by atoms with Gasteiger partial charge >= 0.3 is 0 Å². The molecule has 0 spiro atoms. The molecule has 0 radical (unpaired) electrons. The summed E-state index contributed by atoms with van der Waals surface area (Å²) in [6, 6.07) is 0.352. The Hall–Kier alpha value is -0.570. The van der Waals surface area contributed by atoms with E-state index in [2.05, 4.69) is 32.5 Å². The Morgan fingerprint density at radius 1 is 1.60 bits per heavy atom. The zero-order valence-corrected chi connectivity index (χ0v) is 6.88. The Bertz CT molecular complexity index is 230. The van der Waals surface area contributed by atoms with Crippen molar-refractivity contribution in [1.82, 2.24) is 5.43 Å². The maximum absolute atomic E-state index is 3.98. The third-order valence-electron chi connectivity index (χ3n) is 1.73. The molecule has 0 amide bonds. The number of allylic oxidation sites excluding steroid dienone is 2. The number of hydrogen-bond donors (Lipinski definition) is 1. The lowest BCUT2D eigenvalue weighted by Gasteiger charge is -2.16. The molecule has 10 heavy (non-hydrogen) atoms. The monoisotopic (exact) mass is 198 g/mol. The van der Waals surface area contributed by atoms with Crippen molar-refractivity contribution in [3.8, 4) is 0 Å². The van der Waals surface area contributed by atoms with Gasteiger partial charge in [-0.1, -0.05) is 34.2 Å². The predicted octanol–water partition coefficient (Wildman–Crippen LogP) is 1.41. The largest absolute Gasteiger partial charge is 0.301 e. The van der Waals surface area contributed by atoms with E-state index in [1.807, 2.05) is 18.4 Å². The van der Waals surface area contributed by atoms with E-state index in [0.29, 0.717) is 12.0 Å². The lowest BCUT2D eigenvalue weighted by atomic mass is 9.98. The Labute approximate surface area is 67.8 Å². The first-order chi connectivity index (χ1) is 4.88. The SMILES string of the molecule is BrC1=CC=CC2C=NNC12. The van der Waals surface area contributed by atoms with Crippen molar-refractivity contribution in [3.05, 3.63) is 22.7 Å². The highest BCUT2D eigenvalue weighted by Gasteiger charge is 2.25. The van der Waals surface area contributed by atoms with Gasteiger partial charge in [-0.25, -0.2) is 0 Å². The van der Waals surface area contributed by atoms with Crippen LogP contribution in [0.15, 0.2) is 27.8 Å². The second kappa shape index (κ2) is 2.23. The molecule has 1 heterocycles. The molecule has 1 aliphatic heterocycles. The lowest BCUT2D eigenvalue weighted by Crippen LogP contribution is -2.27. The van der Waals surface area contributed by atoms with Gasteiger partial charge in [-0.2, -0.15) is 5.10 Å². The van der Waals surface area contributed by atoms with Gasteiger partial charge in [-0.3, -0.25) is 0 Å². The minimum absolute atomic E-state index is 0.352. The number of halogens is 1. The quantitative estimate of drug-likeness (QED) is 0.626. The average Bonchev–Trinajstić information content (AvgIpc) is 2.36. The summed E-state index contributed by atoms with van der Waals surface area (Å²) in [6.45, 7) is 0. The normalized spacial score (nSPS) is 35.1. The Morgan fingerprint density at radius 2 is 2.50 bits per heavy atom. The number of hydrazone groups is 1. The fourth-order valence-electron chi connectivity index (χ4n) is 1.17. The summed E-state index contributed by atoms with van der Waals surface area (Å²) in [6.07, 6.45) is 8.15. The molecule has 1 aliphatic carbocycles. The van der Waals surface area contributed by atoms with Gasteiger partial charge in [0, 0.05) is 16.6 Å². The van der Waals surface area contributed by atoms with Crippen LogP contribution in [0.4, 0.5) is 0 Å². The van der Waals surface area contributed by atoms with Crippen molar-refractivity contribution in [2.24, 2.45) is 11.0 Å². The van der Waals surface area contributed by atoms with Gasteiger partial charge in [0.15, 0.2) is 0 Å². The van der Waals surface area contributed by atoms with E-state index in [9.17, 15) is 0 Å². The molecule has 2 unspecified atom stereocenters. The molecular formula is C7H7BrN2. The lowest BCUT2D eigenvalue weighted by molar-refractivity contribution is 0.616. The van der Waals surface area contributed by atoms with Crippen LogP contribution in [0.2, 0.25) is 0 Å². The van der Waals surface area contributed by atoms with Gasteiger partial charge in [0.05, 0.1) is 6.04 Å². The van der Waals surface area contributed by atoms with Gasteiger partial charge < -0.3 is 5.43 Å². The predicted molar refractivity (Wildman–Crippen MR) is 45.1 cm³/mol. The molecule has 0 bridgehead atoms. The van der Waals surface area contributed by atoms with Crippen LogP contribution in [0.5, 0.6) is 0 Å². The van der Waals surface area contributed by atoms with Crippen LogP contribution in [0.3, 0.4) is 0 Å². The molecule has 52 valence electrons. The molecule has 0 aromatic carbocycles. The summed E-state index contributed by atoms with van der Waals surface area (Å²) in [5.74, 6) is 0.444. The standard InChI is InChI=1S/C7H7BrN2/c8-6-3-1-2-5-4-9-10-7(5)6/h1-5,7,10H. The highest BCUT2D eigenvalue weighted by molar-refractivity contribution is 9.11. The van der Waals surface area contributed by atoms with Crippen LogP contribution in [-0.4, -0.2) is 12.3 Å². The van der Waals surface area contributed by atoms with E-state index < -0.39 is 0 Å². The molecule has 0 aromatic heterocycles. The Morgan fingerprint density at radius 3 is 3.30 bits per heavy atom. The van der Waals surface area contributed by atoms with Crippen molar-refractivity contribution < 1.29 is 0 Å². The van der Waals surface area contributed by atoms with Crippen molar-refractivity contribution in [3.63, 3.8) is 0 Å². The third kappa shape index (κ3) is 0.814. The van der Waals surface area contributed by atoms with E-state index in [-0.39, 0.29) is 0 Å². The summed E-state index contributed by atoms with van der Waals surface area (Å²) in [5, 5.41) is 3.98. The summed E-state index contributed by atoms with van der Waals surface area (Å²) < 4.78 is 1.18. The zero-order chi connectivity index (χ0) is 6.97. The fourth-order valence-corrected chi connectivity index (χ4v) is 1.73. The fraction of sp³-hybridized carbons (Fsp3) is 0.286. The van der Waals surface area contributed by atoms with E-state index in [1.54, 1.807) is 0 Å². The number of nitrogens with zero attached hydrogens (tertiary/aromatic N) is 1. The van der Waals surface area contributed by atoms with Gasteiger partial charge in [0.1, 0.15) is 0 Å². The minimum Gasteiger partial charge on any atom is -0.301 e. The van der Waals surface area contributed by atoms with E-state index >= 15 is 0 Å². The van der Waals surface area contributed by atoms with Crippen LogP contribution >= 0.6 is 15.9 Å². The molecule has 0 saturated heterocycles. The van der Waals surface area contributed by atoms with Crippen LogP contribution in [0.25, 0.3) is 0 Å². The molecular weight excluding hydrogens is 192 g/mol. The van der Waals surface area contributed by atoms with Crippen molar-refractivity contribution >= 4 is 22.1 Å².